The molecule has 0 heterocycles. The molecule has 0 aromatic heterocycles. The van der Waals surface area contributed by atoms with Gasteiger partial charge in [0, 0.05) is 21.7 Å². The van der Waals surface area contributed by atoms with Crippen LogP contribution in [0.15, 0.2) is 0 Å². The summed E-state index contributed by atoms with van der Waals surface area (Å²) in [4.78, 5) is 0. The molecule has 0 saturated heterocycles. The smallest absolute Gasteiger partial charge is 0 e. The van der Waals surface area contributed by atoms with Crippen molar-refractivity contribution < 1.29 is 72.8 Å². The van der Waals surface area contributed by atoms with E-state index in [0.29, 0.717) is 0 Å². The van der Waals surface area contributed by atoms with Crippen molar-refractivity contribution >= 4 is 0 Å². The van der Waals surface area contributed by atoms with Crippen LogP contribution in [-0.4, -0.2) is 0 Å². The maximum absolute atomic E-state index is 0. The van der Waals surface area contributed by atoms with Crippen molar-refractivity contribution in [1.82, 2.24) is 0 Å². The number of hydrogen-bond donors (Lipinski definition) is 0. The Morgan fingerprint density at radius 2 is 0.600 bits per heavy atom. The van der Waals surface area contributed by atoms with E-state index >= 15 is 0 Å². The third kappa shape index (κ3) is 25.1. The molecule has 0 unspecified atom stereocenters. The van der Waals surface area contributed by atoms with Crippen molar-refractivity contribution in [2.75, 3.05) is 0 Å². The van der Waals surface area contributed by atoms with Crippen LogP contribution in [0.1, 0.15) is 1.43 Å². The second-order valence-corrected chi connectivity index (χ2v) is 0. The third-order valence-electron chi connectivity index (χ3n) is 0. The Morgan fingerprint density at radius 1 is 0.600 bits per heavy atom. The Balaban J connectivity index is 0. The van der Waals surface area contributed by atoms with Gasteiger partial charge in [0.2, 0.25) is 0 Å². The predicted octanol–water partition coefficient (Wildman–Crippen LogP) is -11.9. The molecule has 0 rings (SSSR count). The summed E-state index contributed by atoms with van der Waals surface area (Å²) in [7, 11) is 0. The largest absolute Gasteiger partial charge is 1.00 e. The first-order valence-electron chi connectivity index (χ1n) is 0. The molecule has 0 aliphatic rings. The van der Waals surface area contributed by atoms with Crippen LogP contribution in [0, 0.1) is 0 Å². The Morgan fingerprint density at radius 3 is 0.600 bits per heavy atom. The van der Waals surface area contributed by atoms with Gasteiger partial charge in [-0.3, -0.25) is 0 Å². The van der Waals surface area contributed by atoms with Gasteiger partial charge >= 0.3 is 0 Å². The van der Waals surface area contributed by atoms with Crippen LogP contribution in [0.25, 0.3) is 0 Å². The van der Waals surface area contributed by atoms with Crippen molar-refractivity contribution in [2.45, 2.75) is 0 Å². The molecular formula is HCl4Ti-5. The van der Waals surface area contributed by atoms with Crippen LogP contribution < -0.4 is 49.6 Å². The molecule has 0 spiro atoms. The van der Waals surface area contributed by atoms with Crippen molar-refractivity contribution in [3.63, 3.8) is 0 Å². The average Bonchev–Trinajstić information content (AvgIpc) is 0. The van der Waals surface area contributed by atoms with Gasteiger partial charge in [0.1, 0.15) is 0 Å². The van der Waals surface area contributed by atoms with E-state index < -0.39 is 0 Å². The molecule has 0 N–H and O–H groups in total. The van der Waals surface area contributed by atoms with Crippen LogP contribution in [-0.2, 0) is 21.7 Å². The zero-order valence-corrected chi connectivity index (χ0v) is 6.60. The maximum atomic E-state index is 0. The molecule has 0 nitrogen and oxygen atoms in total. The van der Waals surface area contributed by atoms with E-state index in [0.717, 1.165) is 0 Å². The number of hydrogen-bond acceptors (Lipinski definition) is 0. The minimum atomic E-state index is 0. The van der Waals surface area contributed by atoms with Crippen molar-refractivity contribution in [3.8, 4) is 0 Å². The fourth-order valence-electron chi connectivity index (χ4n) is 0. The van der Waals surface area contributed by atoms with Crippen LogP contribution in [0.3, 0.4) is 0 Å². The summed E-state index contributed by atoms with van der Waals surface area (Å²) in [6, 6.07) is 0. The molecule has 0 aromatic rings. The Labute approximate surface area is 72.5 Å². The van der Waals surface area contributed by atoms with Gasteiger partial charge in [0.15, 0.2) is 0 Å². The molecule has 5 heavy (non-hydrogen) atoms. The first-order valence-corrected chi connectivity index (χ1v) is 0. The van der Waals surface area contributed by atoms with Crippen molar-refractivity contribution in [2.24, 2.45) is 0 Å². The first kappa shape index (κ1) is 67.5. The van der Waals surface area contributed by atoms with E-state index in [9.17, 15) is 0 Å². The van der Waals surface area contributed by atoms with Gasteiger partial charge in [-0.15, -0.1) is 0 Å². The molecule has 0 aliphatic carbocycles. The topological polar surface area (TPSA) is 0 Å². The SMILES string of the molecule is [Cl-].[Cl-].[Cl-].[Cl-].[H-].[Ti]. The zero-order chi connectivity index (χ0) is 0. The molecule has 0 aliphatic heterocycles. The monoisotopic (exact) mass is 189 g/mol. The van der Waals surface area contributed by atoms with Gasteiger partial charge in [-0.05, 0) is 0 Å². The third-order valence-corrected chi connectivity index (χ3v) is 0. The van der Waals surface area contributed by atoms with Gasteiger partial charge in [-0.25, -0.2) is 0 Å². The molecular weight excluding hydrogens is 190 g/mol. The van der Waals surface area contributed by atoms with E-state index in [1.54, 1.807) is 0 Å². The Hall–Kier alpha value is 1.87. The molecule has 0 atom stereocenters. The van der Waals surface area contributed by atoms with Crippen LogP contribution in [0.4, 0.5) is 0 Å². The van der Waals surface area contributed by atoms with Gasteiger partial charge in [-0.2, -0.15) is 0 Å². The second kappa shape index (κ2) is 39.7. The van der Waals surface area contributed by atoms with Crippen molar-refractivity contribution in [3.05, 3.63) is 0 Å². The molecule has 38 valence electrons. The van der Waals surface area contributed by atoms with Gasteiger partial charge in [-0.1, -0.05) is 0 Å². The average molecular weight is 191 g/mol. The van der Waals surface area contributed by atoms with E-state index in [2.05, 4.69) is 0 Å². The molecule has 0 bridgehead atoms. The summed E-state index contributed by atoms with van der Waals surface area (Å²) in [5, 5.41) is 0. The standard InChI is InChI=1S/4ClH.Ti.H/h4*1H;;/q;;;;;-1/p-4. The molecule has 5 heteroatoms. The molecule has 0 radical (unpaired) electrons. The van der Waals surface area contributed by atoms with E-state index in [1.807, 2.05) is 0 Å². The summed E-state index contributed by atoms with van der Waals surface area (Å²) in [6.07, 6.45) is 0. The summed E-state index contributed by atoms with van der Waals surface area (Å²) >= 11 is 0. The van der Waals surface area contributed by atoms with Crippen LogP contribution >= 0.6 is 0 Å². The minimum Gasteiger partial charge on any atom is -1.00 e. The predicted molar refractivity (Wildman–Crippen MR) is 1.11 cm³/mol. The number of rotatable bonds is 0. The summed E-state index contributed by atoms with van der Waals surface area (Å²) in [6.45, 7) is 0. The maximum Gasteiger partial charge on any atom is 0 e. The van der Waals surface area contributed by atoms with Gasteiger partial charge in [0.05, 0.1) is 0 Å². The van der Waals surface area contributed by atoms with Crippen LogP contribution in [0.5, 0.6) is 0 Å². The normalized spacial score (nSPS) is 0. The molecule has 0 aromatic carbocycles. The van der Waals surface area contributed by atoms with Crippen LogP contribution in [0.2, 0.25) is 0 Å². The fraction of sp³-hybridized carbons (Fsp3) is 0. The van der Waals surface area contributed by atoms with Gasteiger partial charge in [0.25, 0.3) is 0 Å². The second-order valence-electron chi connectivity index (χ2n) is 0. The minimum absolute atomic E-state index is 0. The quantitative estimate of drug-likeness (QED) is 0.333. The number of halogens is 4. The molecule has 0 fully saturated rings. The summed E-state index contributed by atoms with van der Waals surface area (Å²) in [5.74, 6) is 0. The summed E-state index contributed by atoms with van der Waals surface area (Å²) < 4.78 is 0. The first-order chi connectivity index (χ1) is 0. The molecule has 0 saturated carbocycles. The van der Waals surface area contributed by atoms with Gasteiger partial charge < -0.3 is 51.1 Å². The Kier molecular flexibility index (Phi) is 537. The zero-order valence-electron chi connectivity index (χ0n) is 3.01. The van der Waals surface area contributed by atoms with E-state index in [-0.39, 0.29) is 72.8 Å². The van der Waals surface area contributed by atoms with Crippen molar-refractivity contribution in [1.29, 1.82) is 0 Å². The van der Waals surface area contributed by atoms with E-state index in [4.69, 9.17) is 0 Å². The fourth-order valence-corrected chi connectivity index (χ4v) is 0. The Bertz CT molecular complexity index is 7.51. The van der Waals surface area contributed by atoms with E-state index in [1.165, 1.54) is 0 Å². The summed E-state index contributed by atoms with van der Waals surface area (Å²) in [5.41, 5.74) is 0. The molecule has 0 amide bonds.